The van der Waals surface area contributed by atoms with Gasteiger partial charge in [-0.15, -0.1) is 0 Å². The molecule has 3 aromatic carbocycles. The third-order valence-electron chi connectivity index (χ3n) is 12.4. The molecule has 4 aliphatic rings. The van der Waals surface area contributed by atoms with Crippen molar-refractivity contribution >= 4 is 0 Å². The van der Waals surface area contributed by atoms with Gasteiger partial charge in [-0.1, -0.05) is 95.3 Å². The predicted molar refractivity (Wildman–Crippen MR) is 187 cm³/mol. The Bertz CT molecular complexity index is 2040. The summed E-state index contributed by atoms with van der Waals surface area (Å²) in [7, 11) is 0. The number of hydrogen-bond acceptors (Lipinski definition) is 0. The van der Waals surface area contributed by atoms with Gasteiger partial charge in [0.05, 0.1) is 11.1 Å². The van der Waals surface area contributed by atoms with E-state index in [0.717, 1.165) is 32.1 Å². The molecule has 2 nitrogen and oxygen atoms in total. The highest BCUT2D eigenvalue weighted by atomic mass is 15.1. The molecule has 2 aromatic heterocycles. The van der Waals surface area contributed by atoms with Crippen LogP contribution in [0, 0.1) is 5.92 Å². The number of pyridine rings is 2. The summed E-state index contributed by atoms with van der Waals surface area (Å²) < 4.78 is 5.44. The Morgan fingerprint density at radius 2 is 1.48 bits per heavy atom. The van der Waals surface area contributed by atoms with Crippen molar-refractivity contribution in [3.63, 3.8) is 0 Å². The molecule has 2 aliphatic heterocycles. The summed E-state index contributed by atoms with van der Waals surface area (Å²) in [5.74, 6) is 0.573. The predicted octanol–water partition coefficient (Wildman–Crippen LogP) is 9.44. The minimum Gasteiger partial charge on any atom is -0.192 e. The van der Waals surface area contributed by atoms with Crippen molar-refractivity contribution in [1.82, 2.24) is 0 Å². The van der Waals surface area contributed by atoms with E-state index in [1.165, 1.54) is 57.6 Å². The number of nitrogens with zero attached hydrogens (tertiary/aromatic N) is 2. The molecule has 230 valence electrons. The molecule has 5 aromatic rings. The highest BCUT2D eigenvalue weighted by Gasteiger charge is 2.52. The van der Waals surface area contributed by atoms with Gasteiger partial charge in [-0.05, 0) is 57.7 Å². The molecular formula is C44H46N2+2. The van der Waals surface area contributed by atoms with Gasteiger partial charge in [-0.25, -0.2) is 0 Å². The first-order valence-corrected chi connectivity index (χ1v) is 17.8. The lowest BCUT2D eigenvalue weighted by molar-refractivity contribution is -0.765. The van der Waals surface area contributed by atoms with Crippen molar-refractivity contribution in [3.8, 4) is 33.6 Å². The van der Waals surface area contributed by atoms with Gasteiger partial charge < -0.3 is 0 Å². The fraction of sp³-hybridized carbons (Fsp3) is 0.364. The Morgan fingerprint density at radius 3 is 2.26 bits per heavy atom. The van der Waals surface area contributed by atoms with Gasteiger partial charge in [0, 0.05) is 66.8 Å². The smallest absolute Gasteiger partial charge is 0.192 e. The van der Waals surface area contributed by atoms with Crippen LogP contribution in [-0.4, -0.2) is 0 Å². The van der Waals surface area contributed by atoms with Crippen molar-refractivity contribution < 1.29 is 9.13 Å². The molecule has 0 N–H and O–H groups in total. The third kappa shape index (κ3) is 3.76. The molecule has 2 atom stereocenters. The average molecular weight is 603 g/mol. The van der Waals surface area contributed by atoms with Gasteiger partial charge in [-0.2, -0.15) is 9.13 Å². The lowest BCUT2D eigenvalue weighted by Crippen LogP contribution is -2.60. The van der Waals surface area contributed by atoms with Gasteiger partial charge in [0.25, 0.3) is 0 Å². The van der Waals surface area contributed by atoms with Gasteiger partial charge in [0.15, 0.2) is 24.0 Å². The molecule has 0 saturated carbocycles. The van der Waals surface area contributed by atoms with Gasteiger partial charge in [0.1, 0.15) is 0 Å². The minimum atomic E-state index is 0.112. The van der Waals surface area contributed by atoms with Crippen molar-refractivity contribution in [3.05, 3.63) is 130 Å². The summed E-state index contributed by atoms with van der Waals surface area (Å²) in [6.07, 6.45) is 12.8. The van der Waals surface area contributed by atoms with Crippen LogP contribution in [0.1, 0.15) is 105 Å². The van der Waals surface area contributed by atoms with E-state index >= 15 is 0 Å². The number of aromatic nitrogens is 2. The SMILES string of the molecule is CCC1(CC)C(CCC2c3ccc(-c4ccccc4)c4c3-c3c(c(C(C)(C)C)cc[n+]32)C4)Cc2cccc3c2-c2c(ccc[n+]21)C3. The van der Waals surface area contributed by atoms with Crippen molar-refractivity contribution in [2.75, 3.05) is 0 Å². The second-order valence-corrected chi connectivity index (χ2v) is 15.5. The molecule has 0 saturated heterocycles. The summed E-state index contributed by atoms with van der Waals surface area (Å²) in [6, 6.07) is 30.6. The maximum Gasteiger partial charge on any atom is 0.217 e. The highest BCUT2D eigenvalue weighted by molar-refractivity contribution is 5.86. The van der Waals surface area contributed by atoms with E-state index in [4.69, 9.17) is 0 Å². The molecule has 0 radical (unpaired) electrons. The fourth-order valence-electron chi connectivity index (χ4n) is 10.3. The first kappa shape index (κ1) is 28.2. The zero-order valence-corrected chi connectivity index (χ0v) is 28.2. The lowest BCUT2D eigenvalue weighted by Gasteiger charge is -2.34. The topological polar surface area (TPSA) is 7.76 Å². The van der Waals surface area contributed by atoms with Gasteiger partial charge >= 0.3 is 0 Å². The van der Waals surface area contributed by atoms with Crippen LogP contribution in [0.15, 0.2) is 91.3 Å². The fourth-order valence-corrected chi connectivity index (χ4v) is 10.3. The Balaban J connectivity index is 1.16. The molecule has 2 aliphatic carbocycles. The maximum absolute atomic E-state index is 2.75. The van der Waals surface area contributed by atoms with Crippen LogP contribution in [0.25, 0.3) is 33.6 Å². The van der Waals surface area contributed by atoms with E-state index in [0.29, 0.717) is 12.0 Å². The zero-order valence-electron chi connectivity index (χ0n) is 28.2. The molecule has 0 spiro atoms. The summed E-state index contributed by atoms with van der Waals surface area (Å²) >= 11 is 0. The molecule has 0 amide bonds. The third-order valence-corrected chi connectivity index (χ3v) is 12.4. The van der Waals surface area contributed by atoms with Crippen LogP contribution >= 0.6 is 0 Å². The van der Waals surface area contributed by atoms with Crippen molar-refractivity contribution in [1.29, 1.82) is 0 Å². The van der Waals surface area contributed by atoms with Crippen LogP contribution in [0.3, 0.4) is 0 Å². The standard InChI is InChI=1S/C44H46N2/c1-6-44(7-2)32(26-30-16-11-15-29-25-31-17-12-23-46(44)41(31)39(29)30)18-21-38-34-20-19-33(28-13-9-8-10-14-28)35-27-36-37(43(3,4)5)22-24-45(38)42(36)40(34)35/h8-17,19-20,22-24,32,38H,6-7,18,21,25-27H2,1-5H3/q+2. The molecule has 9 rings (SSSR count). The van der Waals surface area contributed by atoms with Crippen LogP contribution in [0.4, 0.5) is 0 Å². The minimum absolute atomic E-state index is 0.112. The Morgan fingerprint density at radius 1 is 0.696 bits per heavy atom. The molecule has 46 heavy (non-hydrogen) atoms. The van der Waals surface area contributed by atoms with Crippen LogP contribution in [0.2, 0.25) is 0 Å². The molecule has 2 unspecified atom stereocenters. The highest BCUT2D eigenvalue weighted by Crippen LogP contribution is 2.52. The largest absolute Gasteiger partial charge is 0.217 e. The van der Waals surface area contributed by atoms with Gasteiger partial charge in [0.2, 0.25) is 11.4 Å². The van der Waals surface area contributed by atoms with E-state index in [1.54, 1.807) is 27.8 Å². The van der Waals surface area contributed by atoms with Crippen LogP contribution in [0.5, 0.6) is 0 Å². The van der Waals surface area contributed by atoms with Crippen molar-refractivity contribution in [2.24, 2.45) is 5.92 Å². The molecule has 4 heterocycles. The lowest BCUT2D eigenvalue weighted by atomic mass is 9.73. The summed E-state index contributed by atoms with van der Waals surface area (Å²) in [4.78, 5) is 0. The number of rotatable bonds is 6. The van der Waals surface area contributed by atoms with E-state index < -0.39 is 0 Å². The molecule has 0 fully saturated rings. The second kappa shape index (κ2) is 9.98. The van der Waals surface area contributed by atoms with Crippen molar-refractivity contribution in [2.45, 2.75) is 96.6 Å². The first-order valence-electron chi connectivity index (χ1n) is 17.8. The van der Waals surface area contributed by atoms with Crippen LogP contribution < -0.4 is 9.13 Å². The number of hydrogen-bond donors (Lipinski definition) is 0. The second-order valence-electron chi connectivity index (χ2n) is 15.5. The maximum atomic E-state index is 2.75. The summed E-state index contributed by atoms with van der Waals surface area (Å²) in [5.41, 5.74) is 19.8. The van der Waals surface area contributed by atoms with Gasteiger partial charge in [-0.3, -0.25) is 0 Å². The van der Waals surface area contributed by atoms with E-state index in [2.05, 4.69) is 135 Å². The Kier molecular flexibility index (Phi) is 6.12. The Labute approximate surface area is 274 Å². The van der Waals surface area contributed by atoms with Crippen LogP contribution in [-0.2, 0) is 30.2 Å². The van der Waals surface area contributed by atoms with E-state index in [-0.39, 0.29) is 11.0 Å². The normalized spacial score (nSPS) is 19.2. The van der Waals surface area contributed by atoms with E-state index in [9.17, 15) is 0 Å². The number of benzene rings is 3. The molecule has 2 heteroatoms. The Hall–Kier alpha value is -4.04. The first-order chi connectivity index (χ1) is 22.3. The monoisotopic (exact) mass is 602 g/mol. The van der Waals surface area contributed by atoms with E-state index in [1.807, 2.05) is 0 Å². The molecular weight excluding hydrogens is 556 g/mol. The average Bonchev–Trinajstić information content (AvgIpc) is 3.72. The quantitative estimate of drug-likeness (QED) is 0.168. The summed E-state index contributed by atoms with van der Waals surface area (Å²) in [6.45, 7) is 12.0. The molecule has 0 bridgehead atoms. The summed E-state index contributed by atoms with van der Waals surface area (Å²) in [5, 5.41) is 0. The zero-order chi connectivity index (χ0) is 31.4.